The molecule has 0 spiro atoms. The molecule has 4 heterocycles. The maximum absolute atomic E-state index is 13.0. The van der Waals surface area contributed by atoms with Gasteiger partial charge in [0.25, 0.3) is 5.56 Å². The van der Waals surface area contributed by atoms with Crippen molar-refractivity contribution in [3.8, 4) is 10.4 Å². The maximum atomic E-state index is 13.0. The number of aromatic nitrogens is 4. The number of rotatable bonds is 6. The molecule has 150 valence electrons. The number of nitrogens with zero attached hydrogens (tertiary/aromatic N) is 4. The van der Waals surface area contributed by atoms with E-state index in [0.717, 1.165) is 20.8 Å². The van der Waals surface area contributed by atoms with E-state index in [9.17, 15) is 4.79 Å². The van der Waals surface area contributed by atoms with Crippen molar-refractivity contribution >= 4 is 44.7 Å². The van der Waals surface area contributed by atoms with Crippen LogP contribution in [0.5, 0.6) is 0 Å². The summed E-state index contributed by atoms with van der Waals surface area (Å²) in [4.78, 5) is 19.6. The molecule has 1 aromatic carbocycles. The Hall–Kier alpha value is -2.75. The number of thioether (sulfide) groups is 1. The molecule has 0 aliphatic heterocycles. The second-order valence-corrected chi connectivity index (χ2v) is 9.35. The van der Waals surface area contributed by atoms with Crippen molar-refractivity contribution in [2.75, 3.05) is 0 Å². The van der Waals surface area contributed by atoms with Crippen LogP contribution in [0.4, 0.5) is 0 Å². The van der Waals surface area contributed by atoms with Gasteiger partial charge in [-0.1, -0.05) is 48.2 Å². The Bertz CT molecular complexity index is 1350. The number of hydrogen-bond acceptors (Lipinski definition) is 8. The van der Waals surface area contributed by atoms with Gasteiger partial charge in [0.2, 0.25) is 11.8 Å². The Morgan fingerprint density at radius 2 is 1.90 bits per heavy atom. The molecule has 0 N–H and O–H groups in total. The molecule has 0 fully saturated rings. The molecule has 0 saturated heterocycles. The SMILES string of the molecule is Cn1c(SCc2nnc(Cc3ccccc3)o2)nc2scc(-c3cccs3)c2c1=O. The van der Waals surface area contributed by atoms with Crippen molar-refractivity contribution in [2.24, 2.45) is 7.05 Å². The van der Waals surface area contributed by atoms with Gasteiger partial charge in [-0.25, -0.2) is 4.98 Å². The van der Waals surface area contributed by atoms with Gasteiger partial charge in [0.1, 0.15) is 4.83 Å². The van der Waals surface area contributed by atoms with Crippen molar-refractivity contribution in [3.05, 3.63) is 80.9 Å². The molecule has 0 radical (unpaired) electrons. The highest BCUT2D eigenvalue weighted by Gasteiger charge is 2.17. The lowest BCUT2D eigenvalue weighted by Crippen LogP contribution is -2.19. The van der Waals surface area contributed by atoms with Crippen molar-refractivity contribution < 1.29 is 4.42 Å². The number of thiophene rings is 2. The first-order chi connectivity index (χ1) is 14.7. The van der Waals surface area contributed by atoms with E-state index in [0.29, 0.717) is 34.5 Å². The highest BCUT2D eigenvalue weighted by Crippen LogP contribution is 2.34. The van der Waals surface area contributed by atoms with Gasteiger partial charge in [-0.15, -0.1) is 32.9 Å². The van der Waals surface area contributed by atoms with Crippen LogP contribution in [-0.4, -0.2) is 19.7 Å². The van der Waals surface area contributed by atoms with Crippen molar-refractivity contribution in [1.29, 1.82) is 0 Å². The van der Waals surface area contributed by atoms with Crippen LogP contribution >= 0.6 is 34.4 Å². The molecule has 0 atom stereocenters. The first-order valence-electron chi connectivity index (χ1n) is 9.19. The third-order valence-corrected chi connectivity index (χ3v) is 7.38. The Morgan fingerprint density at radius 1 is 1.07 bits per heavy atom. The molecule has 5 rings (SSSR count). The molecule has 30 heavy (non-hydrogen) atoms. The quantitative estimate of drug-likeness (QED) is 0.267. The minimum absolute atomic E-state index is 0.0394. The monoisotopic (exact) mass is 452 g/mol. The van der Waals surface area contributed by atoms with E-state index in [-0.39, 0.29) is 5.56 Å². The van der Waals surface area contributed by atoms with Crippen LogP contribution in [0.3, 0.4) is 0 Å². The summed E-state index contributed by atoms with van der Waals surface area (Å²) in [5, 5.41) is 13.6. The average molecular weight is 453 g/mol. The Morgan fingerprint density at radius 3 is 2.70 bits per heavy atom. The summed E-state index contributed by atoms with van der Waals surface area (Å²) >= 11 is 4.54. The molecule has 6 nitrogen and oxygen atoms in total. The van der Waals surface area contributed by atoms with Crippen LogP contribution < -0.4 is 5.56 Å². The van der Waals surface area contributed by atoms with Gasteiger partial charge in [0, 0.05) is 22.9 Å². The standard InChI is InChI=1S/C21H16N4O2S3/c1-25-20(26)18-14(15-8-5-9-28-15)11-29-19(18)22-21(25)30-12-17-24-23-16(27-17)10-13-6-3-2-4-7-13/h2-9,11H,10,12H2,1H3. The third kappa shape index (κ3) is 3.71. The number of fused-ring (bicyclic) bond motifs is 1. The predicted octanol–water partition coefficient (Wildman–Crippen LogP) is 4.99. The summed E-state index contributed by atoms with van der Waals surface area (Å²) in [7, 11) is 1.75. The van der Waals surface area contributed by atoms with Gasteiger partial charge < -0.3 is 4.42 Å². The zero-order valence-electron chi connectivity index (χ0n) is 15.9. The van der Waals surface area contributed by atoms with E-state index in [1.54, 1.807) is 23.0 Å². The van der Waals surface area contributed by atoms with E-state index >= 15 is 0 Å². The summed E-state index contributed by atoms with van der Waals surface area (Å²) in [5.74, 6) is 1.55. The molecular formula is C21H16N4O2S3. The fourth-order valence-electron chi connectivity index (χ4n) is 3.11. The smallest absolute Gasteiger partial charge is 0.263 e. The van der Waals surface area contributed by atoms with Crippen molar-refractivity contribution in [3.63, 3.8) is 0 Å². The molecule has 5 aromatic rings. The minimum atomic E-state index is -0.0394. The fraction of sp³-hybridized carbons (Fsp3) is 0.143. The van der Waals surface area contributed by atoms with Gasteiger partial charge in [0.15, 0.2) is 5.16 Å². The Balaban J connectivity index is 1.36. The van der Waals surface area contributed by atoms with Gasteiger partial charge in [0.05, 0.1) is 17.6 Å². The molecule has 0 aliphatic carbocycles. The molecular weight excluding hydrogens is 436 g/mol. The van der Waals surface area contributed by atoms with Crippen molar-refractivity contribution in [1.82, 2.24) is 19.7 Å². The third-order valence-electron chi connectivity index (χ3n) is 4.59. The lowest BCUT2D eigenvalue weighted by molar-refractivity contribution is 0.474. The topological polar surface area (TPSA) is 73.8 Å². The Kier molecular flexibility index (Phi) is 5.24. The lowest BCUT2D eigenvalue weighted by Gasteiger charge is -2.06. The highest BCUT2D eigenvalue weighted by molar-refractivity contribution is 7.98. The minimum Gasteiger partial charge on any atom is -0.424 e. The normalized spacial score (nSPS) is 11.4. The number of benzene rings is 1. The summed E-state index contributed by atoms with van der Waals surface area (Å²) < 4.78 is 7.36. The molecule has 0 unspecified atom stereocenters. The summed E-state index contributed by atoms with van der Waals surface area (Å²) in [6.45, 7) is 0. The molecule has 0 bridgehead atoms. The second kappa shape index (κ2) is 8.17. The molecule has 0 saturated carbocycles. The van der Waals surface area contributed by atoms with Crippen molar-refractivity contribution in [2.45, 2.75) is 17.3 Å². The molecule has 0 amide bonds. The van der Waals surface area contributed by atoms with E-state index < -0.39 is 0 Å². The highest BCUT2D eigenvalue weighted by atomic mass is 32.2. The molecule has 0 aliphatic rings. The van der Waals surface area contributed by atoms with Crippen LogP contribution in [-0.2, 0) is 19.2 Å². The zero-order chi connectivity index (χ0) is 20.5. The van der Waals surface area contributed by atoms with E-state index in [1.807, 2.05) is 53.2 Å². The summed E-state index contributed by atoms with van der Waals surface area (Å²) in [5.41, 5.74) is 2.04. The maximum Gasteiger partial charge on any atom is 0.263 e. The molecule has 4 aromatic heterocycles. The van der Waals surface area contributed by atoms with Gasteiger partial charge >= 0.3 is 0 Å². The fourth-order valence-corrected chi connectivity index (χ4v) is 5.72. The number of hydrogen-bond donors (Lipinski definition) is 0. The van der Waals surface area contributed by atoms with Gasteiger partial charge in [-0.3, -0.25) is 9.36 Å². The van der Waals surface area contributed by atoms with Crippen LogP contribution in [0.15, 0.2) is 67.6 Å². The summed E-state index contributed by atoms with van der Waals surface area (Å²) in [6, 6.07) is 14.0. The van der Waals surface area contributed by atoms with Crippen LogP contribution in [0.1, 0.15) is 17.3 Å². The van der Waals surface area contributed by atoms with Gasteiger partial charge in [-0.2, -0.15) is 0 Å². The molecule has 9 heteroatoms. The van der Waals surface area contributed by atoms with Crippen LogP contribution in [0.25, 0.3) is 20.7 Å². The van der Waals surface area contributed by atoms with Crippen LogP contribution in [0, 0.1) is 0 Å². The lowest BCUT2D eigenvalue weighted by atomic mass is 10.2. The predicted molar refractivity (Wildman–Crippen MR) is 121 cm³/mol. The largest absolute Gasteiger partial charge is 0.424 e. The van der Waals surface area contributed by atoms with E-state index in [1.165, 1.54) is 23.1 Å². The zero-order valence-corrected chi connectivity index (χ0v) is 18.4. The van der Waals surface area contributed by atoms with Gasteiger partial charge in [-0.05, 0) is 17.0 Å². The van der Waals surface area contributed by atoms with E-state index in [4.69, 9.17) is 9.40 Å². The first-order valence-corrected chi connectivity index (χ1v) is 11.9. The Labute approximate surface area is 184 Å². The van der Waals surface area contributed by atoms with Crippen LogP contribution in [0.2, 0.25) is 0 Å². The van der Waals surface area contributed by atoms with E-state index in [2.05, 4.69) is 10.2 Å². The second-order valence-electron chi connectivity index (χ2n) is 6.61. The summed E-state index contributed by atoms with van der Waals surface area (Å²) in [6.07, 6.45) is 0.599. The first kappa shape index (κ1) is 19.2. The average Bonchev–Trinajstić information content (AvgIpc) is 3.51.